The van der Waals surface area contributed by atoms with Gasteiger partial charge in [0.15, 0.2) is 5.43 Å². The third-order valence-electron chi connectivity index (χ3n) is 7.31. The number of hydrogen-bond acceptors (Lipinski definition) is 6. The van der Waals surface area contributed by atoms with Gasteiger partial charge in [0.1, 0.15) is 28.9 Å². The number of para-hydroxylation sites is 1. The van der Waals surface area contributed by atoms with Crippen LogP contribution in [0.15, 0.2) is 88.8 Å². The standard InChI is InChI=1S/C32H26ClN5O3/c1-17-14-20(15-18(2)29(17)40)22-10-7-11-23-25(22)32(41)38(21-8-5-4-6-9-21)28(27(23)33)19(3)37-31-26-24(39)12-13-34-30(26)35-16-36-31/h4-16,19,40H,1-3H3,(H2,34,35,36,37,39)/t19-/m0/s1. The lowest BCUT2D eigenvalue weighted by molar-refractivity contribution is 0.467. The molecule has 0 saturated carbocycles. The molecule has 0 aliphatic rings. The molecular weight excluding hydrogens is 538 g/mol. The number of pyridine rings is 2. The van der Waals surface area contributed by atoms with E-state index in [1.165, 1.54) is 18.6 Å². The predicted molar refractivity (Wildman–Crippen MR) is 163 cm³/mol. The van der Waals surface area contributed by atoms with Crippen LogP contribution >= 0.6 is 11.6 Å². The summed E-state index contributed by atoms with van der Waals surface area (Å²) in [4.78, 5) is 38.7. The van der Waals surface area contributed by atoms with Crippen molar-refractivity contribution in [2.45, 2.75) is 26.8 Å². The highest BCUT2D eigenvalue weighted by Crippen LogP contribution is 2.38. The molecule has 0 fully saturated rings. The molecule has 41 heavy (non-hydrogen) atoms. The number of benzene rings is 3. The first-order chi connectivity index (χ1) is 19.8. The number of nitrogens with zero attached hydrogens (tertiary/aromatic N) is 3. The van der Waals surface area contributed by atoms with E-state index in [0.29, 0.717) is 60.7 Å². The Labute approximate surface area is 239 Å². The molecule has 0 bridgehead atoms. The van der Waals surface area contributed by atoms with Crippen LogP contribution in [0.3, 0.4) is 0 Å². The molecular formula is C32H26ClN5O3. The van der Waals surface area contributed by atoms with E-state index in [0.717, 1.165) is 5.56 Å². The highest BCUT2D eigenvalue weighted by molar-refractivity contribution is 6.36. The Kier molecular flexibility index (Phi) is 6.55. The summed E-state index contributed by atoms with van der Waals surface area (Å²) >= 11 is 7.19. The van der Waals surface area contributed by atoms with E-state index >= 15 is 0 Å². The molecule has 9 heteroatoms. The van der Waals surface area contributed by atoms with Crippen molar-refractivity contribution in [1.29, 1.82) is 0 Å². The number of rotatable bonds is 5. The fourth-order valence-corrected chi connectivity index (χ4v) is 5.79. The van der Waals surface area contributed by atoms with Gasteiger partial charge in [-0.05, 0) is 67.3 Å². The first kappa shape index (κ1) is 26.3. The van der Waals surface area contributed by atoms with Crippen LogP contribution in [0.1, 0.15) is 29.8 Å². The third kappa shape index (κ3) is 4.42. The summed E-state index contributed by atoms with van der Waals surface area (Å²) in [6, 6.07) is 19.5. The second-order valence-corrected chi connectivity index (χ2v) is 10.4. The van der Waals surface area contributed by atoms with Crippen LogP contribution in [0.2, 0.25) is 5.02 Å². The normalized spacial score (nSPS) is 12.1. The van der Waals surface area contributed by atoms with E-state index < -0.39 is 6.04 Å². The van der Waals surface area contributed by atoms with Gasteiger partial charge in [-0.1, -0.05) is 48.0 Å². The Morgan fingerprint density at radius 3 is 2.41 bits per heavy atom. The molecule has 0 radical (unpaired) electrons. The average molecular weight is 564 g/mol. The zero-order valence-electron chi connectivity index (χ0n) is 22.6. The summed E-state index contributed by atoms with van der Waals surface area (Å²) in [5.41, 5.74) is 4.03. The Hall–Kier alpha value is -4.95. The summed E-state index contributed by atoms with van der Waals surface area (Å²) in [5.74, 6) is 0.559. The maximum Gasteiger partial charge on any atom is 0.263 e. The van der Waals surface area contributed by atoms with E-state index in [-0.39, 0.29) is 16.7 Å². The molecule has 0 saturated heterocycles. The summed E-state index contributed by atoms with van der Waals surface area (Å²) in [5, 5.41) is 15.4. The van der Waals surface area contributed by atoms with Crippen LogP contribution in [0, 0.1) is 13.8 Å². The van der Waals surface area contributed by atoms with Gasteiger partial charge < -0.3 is 15.4 Å². The summed E-state index contributed by atoms with van der Waals surface area (Å²) in [6.07, 6.45) is 2.90. The van der Waals surface area contributed by atoms with Crippen molar-refractivity contribution in [3.8, 4) is 22.6 Å². The molecule has 6 aromatic rings. The molecule has 3 aromatic carbocycles. The van der Waals surface area contributed by atoms with Crippen molar-refractivity contribution in [2.24, 2.45) is 0 Å². The zero-order chi connectivity index (χ0) is 28.8. The quantitative estimate of drug-likeness (QED) is 0.222. The number of hydrogen-bond donors (Lipinski definition) is 3. The highest BCUT2D eigenvalue weighted by atomic mass is 35.5. The van der Waals surface area contributed by atoms with Gasteiger partial charge in [-0.25, -0.2) is 9.97 Å². The van der Waals surface area contributed by atoms with Crippen molar-refractivity contribution < 1.29 is 5.11 Å². The minimum atomic E-state index is -0.542. The van der Waals surface area contributed by atoms with Crippen molar-refractivity contribution in [3.05, 3.63) is 122 Å². The van der Waals surface area contributed by atoms with E-state index in [1.54, 1.807) is 4.57 Å². The minimum absolute atomic E-state index is 0.229. The monoisotopic (exact) mass is 563 g/mol. The van der Waals surface area contributed by atoms with Crippen molar-refractivity contribution >= 4 is 39.2 Å². The number of halogens is 1. The fourth-order valence-electron chi connectivity index (χ4n) is 5.38. The first-order valence-electron chi connectivity index (χ1n) is 13.1. The highest BCUT2D eigenvalue weighted by Gasteiger charge is 2.24. The maximum absolute atomic E-state index is 14.5. The number of H-pyrrole nitrogens is 1. The van der Waals surface area contributed by atoms with Crippen molar-refractivity contribution in [1.82, 2.24) is 19.5 Å². The lowest BCUT2D eigenvalue weighted by Gasteiger charge is -2.24. The molecule has 3 heterocycles. The number of fused-ring (bicyclic) bond motifs is 2. The lowest BCUT2D eigenvalue weighted by Crippen LogP contribution is -2.27. The molecule has 3 N–H and O–H groups in total. The van der Waals surface area contributed by atoms with Crippen LogP contribution in [-0.4, -0.2) is 24.6 Å². The average Bonchev–Trinajstić information content (AvgIpc) is 2.97. The molecule has 0 spiro atoms. The number of aryl methyl sites for hydroxylation is 2. The van der Waals surface area contributed by atoms with Crippen molar-refractivity contribution in [2.75, 3.05) is 5.32 Å². The van der Waals surface area contributed by atoms with Crippen LogP contribution in [0.5, 0.6) is 5.75 Å². The maximum atomic E-state index is 14.5. The van der Waals surface area contributed by atoms with E-state index in [4.69, 9.17) is 11.6 Å². The number of anilines is 1. The number of aromatic hydroxyl groups is 1. The Bertz CT molecular complexity index is 2060. The molecule has 204 valence electrons. The number of nitrogens with one attached hydrogen (secondary N) is 2. The van der Waals surface area contributed by atoms with Crippen LogP contribution in [-0.2, 0) is 0 Å². The lowest BCUT2D eigenvalue weighted by atomic mass is 9.95. The van der Waals surface area contributed by atoms with Gasteiger partial charge in [0.25, 0.3) is 5.56 Å². The van der Waals surface area contributed by atoms with Gasteiger partial charge in [0, 0.05) is 23.3 Å². The topological polar surface area (TPSA) is 113 Å². The summed E-state index contributed by atoms with van der Waals surface area (Å²) < 4.78 is 1.61. The fraction of sp³-hybridized carbons (Fsp3) is 0.125. The zero-order valence-corrected chi connectivity index (χ0v) is 23.3. The van der Waals surface area contributed by atoms with Gasteiger partial charge >= 0.3 is 0 Å². The minimum Gasteiger partial charge on any atom is -0.507 e. The van der Waals surface area contributed by atoms with Crippen LogP contribution in [0.25, 0.3) is 38.6 Å². The second kappa shape index (κ2) is 10.2. The molecule has 8 nitrogen and oxygen atoms in total. The molecule has 0 aliphatic carbocycles. The van der Waals surface area contributed by atoms with Gasteiger partial charge in [0.2, 0.25) is 0 Å². The van der Waals surface area contributed by atoms with Gasteiger partial charge in [-0.3, -0.25) is 14.2 Å². The first-order valence-corrected chi connectivity index (χ1v) is 13.5. The number of aromatic nitrogens is 4. The SMILES string of the molecule is Cc1cc(-c2cccc3c(Cl)c([C@H](C)Nc4ncnc5[nH]ccc(=O)c45)n(-c4ccccc4)c(=O)c23)cc(C)c1O. The summed E-state index contributed by atoms with van der Waals surface area (Å²) in [7, 11) is 0. The largest absolute Gasteiger partial charge is 0.507 e. The molecule has 1 atom stereocenters. The Balaban J connectivity index is 1.63. The van der Waals surface area contributed by atoms with Crippen molar-refractivity contribution in [3.63, 3.8) is 0 Å². The number of aromatic amines is 1. The van der Waals surface area contributed by atoms with E-state index in [2.05, 4.69) is 20.3 Å². The molecule has 6 rings (SSSR count). The molecule has 0 aliphatic heterocycles. The Morgan fingerprint density at radius 2 is 1.68 bits per heavy atom. The smallest absolute Gasteiger partial charge is 0.263 e. The van der Waals surface area contributed by atoms with E-state index in [1.807, 2.05) is 81.4 Å². The van der Waals surface area contributed by atoms with Crippen LogP contribution in [0.4, 0.5) is 5.82 Å². The summed E-state index contributed by atoms with van der Waals surface area (Å²) in [6.45, 7) is 5.53. The van der Waals surface area contributed by atoms with Crippen LogP contribution < -0.4 is 16.3 Å². The number of phenolic OH excluding ortho intramolecular Hbond substituents is 1. The molecule has 0 unspecified atom stereocenters. The molecule has 3 aromatic heterocycles. The predicted octanol–water partition coefficient (Wildman–Crippen LogP) is 6.44. The van der Waals surface area contributed by atoms with E-state index in [9.17, 15) is 14.7 Å². The molecule has 0 amide bonds. The third-order valence-corrected chi connectivity index (χ3v) is 7.71. The van der Waals surface area contributed by atoms with Gasteiger partial charge in [0.05, 0.1) is 22.1 Å². The second-order valence-electron chi connectivity index (χ2n) is 10.0. The van der Waals surface area contributed by atoms with Gasteiger partial charge in [-0.15, -0.1) is 0 Å². The number of phenols is 1. The Morgan fingerprint density at radius 1 is 0.951 bits per heavy atom. The van der Waals surface area contributed by atoms with Gasteiger partial charge in [-0.2, -0.15) is 0 Å².